The lowest BCUT2D eigenvalue weighted by Crippen LogP contribution is -2.07. The molecule has 0 fully saturated rings. The van der Waals surface area contributed by atoms with E-state index in [0.29, 0.717) is 6.61 Å². The number of aryl methyl sites for hydroxylation is 1. The highest BCUT2D eigenvalue weighted by molar-refractivity contribution is 9.10. The molecule has 0 aliphatic heterocycles. The Balaban J connectivity index is 2.53. The fourth-order valence-electron chi connectivity index (χ4n) is 2.57. The van der Waals surface area contributed by atoms with Gasteiger partial charge in [0.2, 0.25) is 0 Å². The maximum Gasteiger partial charge on any atom is 0.138 e. The normalized spacial score (nSPS) is 15.2. The summed E-state index contributed by atoms with van der Waals surface area (Å²) in [4.78, 5) is 4.83. The second-order valence-corrected chi connectivity index (χ2v) is 5.23. The Labute approximate surface area is 110 Å². The van der Waals surface area contributed by atoms with Crippen molar-refractivity contribution in [1.29, 1.82) is 0 Å². The van der Waals surface area contributed by atoms with Crippen LogP contribution in [0.4, 0.5) is 0 Å². The number of rotatable bonds is 3. The molecule has 0 unspecified atom stereocenters. The molecule has 0 bridgehead atoms. The molecule has 0 heterocycles. The minimum atomic E-state index is 0.408. The quantitative estimate of drug-likeness (QED) is 0.689. The predicted octanol–water partition coefficient (Wildman–Crippen LogP) is 3.12. The van der Waals surface area contributed by atoms with Gasteiger partial charge in [0.15, 0.2) is 0 Å². The first-order chi connectivity index (χ1) is 8.27. The van der Waals surface area contributed by atoms with Crippen molar-refractivity contribution in [2.45, 2.75) is 38.7 Å². The molecule has 17 heavy (non-hydrogen) atoms. The molecule has 1 aliphatic carbocycles. The lowest BCUT2D eigenvalue weighted by molar-refractivity contribution is 0.121. The maximum atomic E-state index is 5.45. The van der Waals surface area contributed by atoms with Crippen LogP contribution in [0.5, 0.6) is 5.75 Å². The highest BCUT2D eigenvalue weighted by Gasteiger charge is 2.19. The smallest absolute Gasteiger partial charge is 0.138 e. The zero-order valence-corrected chi connectivity index (χ0v) is 11.7. The number of methoxy groups -OCH3 is 1. The Bertz CT molecular complexity index is 407. The summed E-state index contributed by atoms with van der Waals surface area (Å²) < 4.78 is 6.45. The molecule has 4 heteroatoms. The molecule has 0 saturated carbocycles. The van der Waals surface area contributed by atoms with Crippen molar-refractivity contribution in [3.05, 3.63) is 27.2 Å². The minimum Gasteiger partial charge on any atom is -0.495 e. The maximum absolute atomic E-state index is 5.45. The number of nitrogens with two attached hydrogens (primary N) is 1. The van der Waals surface area contributed by atoms with Gasteiger partial charge in [-0.2, -0.15) is 0 Å². The van der Waals surface area contributed by atoms with Crippen LogP contribution < -0.4 is 10.6 Å². The number of halogens is 1. The molecule has 2 N–H and O–H groups in total. The Morgan fingerprint density at radius 2 is 2.06 bits per heavy atom. The second-order valence-electron chi connectivity index (χ2n) is 4.38. The van der Waals surface area contributed by atoms with E-state index in [-0.39, 0.29) is 0 Å². The van der Waals surface area contributed by atoms with Crippen LogP contribution in [0.1, 0.15) is 36.0 Å². The van der Waals surface area contributed by atoms with Gasteiger partial charge in [0.25, 0.3) is 0 Å². The summed E-state index contributed by atoms with van der Waals surface area (Å²) >= 11 is 3.56. The lowest BCUT2D eigenvalue weighted by Gasteiger charge is -2.17. The van der Waals surface area contributed by atoms with Gasteiger partial charge in [-0.15, -0.1) is 0 Å². The molecule has 94 valence electrons. The van der Waals surface area contributed by atoms with Crippen LogP contribution in [0, 0.1) is 0 Å². The third-order valence-electron chi connectivity index (χ3n) is 3.35. The van der Waals surface area contributed by atoms with Crippen LogP contribution in [-0.4, -0.2) is 7.11 Å². The average molecular weight is 300 g/mol. The van der Waals surface area contributed by atoms with Crippen molar-refractivity contribution in [2.75, 3.05) is 7.11 Å². The Morgan fingerprint density at radius 3 is 2.76 bits per heavy atom. The predicted molar refractivity (Wildman–Crippen MR) is 70.9 cm³/mol. The van der Waals surface area contributed by atoms with Gasteiger partial charge in [0.1, 0.15) is 5.75 Å². The third-order valence-corrected chi connectivity index (χ3v) is 3.94. The summed E-state index contributed by atoms with van der Waals surface area (Å²) in [6.07, 6.45) is 6.01. The number of benzene rings is 1. The van der Waals surface area contributed by atoms with E-state index in [1.165, 1.54) is 30.4 Å². The summed E-state index contributed by atoms with van der Waals surface area (Å²) in [5.74, 6) is 6.09. The molecule has 0 spiro atoms. The van der Waals surface area contributed by atoms with E-state index < -0.39 is 0 Å². The van der Waals surface area contributed by atoms with Crippen LogP contribution in [0.25, 0.3) is 0 Å². The van der Waals surface area contributed by atoms with Crippen molar-refractivity contribution in [3.63, 3.8) is 0 Å². The van der Waals surface area contributed by atoms with Crippen LogP contribution in [0.2, 0.25) is 0 Å². The number of ether oxygens (including phenoxy) is 1. The van der Waals surface area contributed by atoms with E-state index >= 15 is 0 Å². The van der Waals surface area contributed by atoms with Gasteiger partial charge >= 0.3 is 0 Å². The van der Waals surface area contributed by atoms with Crippen LogP contribution >= 0.6 is 15.9 Å². The van der Waals surface area contributed by atoms with Crippen LogP contribution in [0.3, 0.4) is 0 Å². The first kappa shape index (κ1) is 12.9. The molecule has 0 amide bonds. The lowest BCUT2D eigenvalue weighted by atomic mass is 9.96. The Morgan fingerprint density at radius 1 is 1.29 bits per heavy atom. The molecule has 0 aromatic heterocycles. The number of hydrogen-bond acceptors (Lipinski definition) is 3. The van der Waals surface area contributed by atoms with Crippen LogP contribution in [-0.2, 0) is 24.3 Å². The Hall–Kier alpha value is -0.580. The zero-order chi connectivity index (χ0) is 12.3. The highest BCUT2D eigenvalue weighted by atomic mass is 79.9. The first-order valence-electron chi connectivity index (χ1n) is 5.96. The average Bonchev–Trinajstić information content (AvgIpc) is 2.54. The fourth-order valence-corrected chi connectivity index (χ4v) is 3.24. The summed E-state index contributed by atoms with van der Waals surface area (Å²) in [5, 5.41) is 0. The fraction of sp³-hybridized carbons (Fsp3) is 0.538. The SMILES string of the molecule is COc1c(Br)cc2c(c1CON)CCCCC2. The highest BCUT2D eigenvalue weighted by Crippen LogP contribution is 2.37. The van der Waals surface area contributed by atoms with E-state index in [9.17, 15) is 0 Å². The van der Waals surface area contributed by atoms with E-state index in [1.54, 1.807) is 7.11 Å². The standard InChI is InChI=1S/C13H18BrNO2/c1-16-13-11(8-17-15)10-6-4-2-3-5-9(10)7-12(13)14/h7H,2-6,8,15H2,1H3. The summed E-state index contributed by atoms with van der Waals surface area (Å²) in [5.41, 5.74) is 3.87. The van der Waals surface area contributed by atoms with Crippen molar-refractivity contribution in [1.82, 2.24) is 0 Å². The van der Waals surface area contributed by atoms with Crippen LogP contribution in [0.15, 0.2) is 10.5 Å². The topological polar surface area (TPSA) is 44.5 Å². The van der Waals surface area contributed by atoms with Gasteiger partial charge in [-0.05, 0) is 58.8 Å². The monoisotopic (exact) mass is 299 g/mol. The van der Waals surface area contributed by atoms with Gasteiger partial charge in [0.05, 0.1) is 18.2 Å². The van der Waals surface area contributed by atoms with E-state index in [1.807, 2.05) is 0 Å². The molecule has 0 saturated heterocycles. The molecular weight excluding hydrogens is 282 g/mol. The summed E-state index contributed by atoms with van der Waals surface area (Å²) in [7, 11) is 1.68. The minimum absolute atomic E-state index is 0.408. The molecule has 0 radical (unpaired) electrons. The van der Waals surface area contributed by atoms with Gasteiger partial charge in [-0.1, -0.05) is 6.42 Å². The van der Waals surface area contributed by atoms with Gasteiger partial charge in [0, 0.05) is 5.56 Å². The Kier molecular flexibility index (Phi) is 4.42. The van der Waals surface area contributed by atoms with Crippen molar-refractivity contribution in [3.8, 4) is 5.75 Å². The summed E-state index contributed by atoms with van der Waals surface area (Å²) in [6, 6.07) is 2.18. The van der Waals surface area contributed by atoms with Gasteiger partial charge in [-0.3, -0.25) is 4.84 Å². The van der Waals surface area contributed by atoms with Crippen molar-refractivity contribution < 1.29 is 9.57 Å². The molecule has 1 aromatic rings. The molecule has 2 rings (SSSR count). The van der Waals surface area contributed by atoms with E-state index in [4.69, 9.17) is 15.5 Å². The summed E-state index contributed by atoms with van der Waals surface area (Å²) in [6.45, 7) is 0.408. The molecule has 1 aliphatic rings. The molecule has 0 atom stereocenters. The second kappa shape index (κ2) is 5.85. The zero-order valence-electron chi connectivity index (χ0n) is 10.1. The van der Waals surface area contributed by atoms with Gasteiger partial charge in [-0.25, -0.2) is 5.90 Å². The number of hydrogen-bond donors (Lipinski definition) is 1. The molecule has 3 nitrogen and oxygen atoms in total. The van der Waals surface area contributed by atoms with Crippen molar-refractivity contribution >= 4 is 15.9 Å². The van der Waals surface area contributed by atoms with Gasteiger partial charge < -0.3 is 4.74 Å². The molecule has 1 aromatic carbocycles. The number of fused-ring (bicyclic) bond motifs is 1. The van der Waals surface area contributed by atoms with E-state index in [2.05, 4.69) is 22.0 Å². The van der Waals surface area contributed by atoms with Crippen molar-refractivity contribution in [2.24, 2.45) is 5.90 Å². The first-order valence-corrected chi connectivity index (χ1v) is 6.76. The largest absolute Gasteiger partial charge is 0.495 e. The van der Waals surface area contributed by atoms with E-state index in [0.717, 1.165) is 28.6 Å². The third kappa shape index (κ3) is 2.64. The molecular formula is C13H18BrNO2.